The topological polar surface area (TPSA) is 61.4 Å². The molecule has 3 amide bonds. The van der Waals surface area contributed by atoms with E-state index in [4.69, 9.17) is 0 Å². The van der Waals surface area contributed by atoms with Crippen LogP contribution in [0.4, 0.5) is 4.79 Å². The van der Waals surface area contributed by atoms with Crippen LogP contribution in [0.3, 0.4) is 0 Å². The third-order valence-electron chi connectivity index (χ3n) is 1.79. The monoisotopic (exact) mass is 215 g/mol. The van der Waals surface area contributed by atoms with Crippen LogP contribution in [0.15, 0.2) is 0 Å². The third kappa shape index (κ3) is 6.76. The summed E-state index contributed by atoms with van der Waals surface area (Å²) < 4.78 is 0. The van der Waals surface area contributed by atoms with Gasteiger partial charge < -0.3 is 15.5 Å². The lowest BCUT2D eigenvalue weighted by atomic mass is 10.1. The highest BCUT2D eigenvalue weighted by atomic mass is 16.2. The predicted molar refractivity (Wildman–Crippen MR) is 59.6 cm³/mol. The lowest BCUT2D eigenvalue weighted by Gasteiger charge is -2.21. The maximum absolute atomic E-state index is 11.3. The maximum Gasteiger partial charge on any atom is 0.315 e. The Balaban J connectivity index is 3.87. The van der Waals surface area contributed by atoms with Gasteiger partial charge in [-0.15, -0.1) is 0 Å². The van der Waals surface area contributed by atoms with Crippen molar-refractivity contribution < 1.29 is 9.59 Å². The van der Waals surface area contributed by atoms with Gasteiger partial charge in [0, 0.05) is 19.1 Å². The molecular formula is C10H21N3O2. The number of nitrogens with zero attached hydrogens (tertiary/aromatic N) is 1. The van der Waals surface area contributed by atoms with Crippen LogP contribution in [-0.2, 0) is 4.79 Å². The van der Waals surface area contributed by atoms with E-state index in [1.165, 1.54) is 0 Å². The van der Waals surface area contributed by atoms with Crippen LogP contribution in [-0.4, -0.2) is 42.5 Å². The smallest absolute Gasteiger partial charge is 0.315 e. The molecule has 0 aromatic carbocycles. The standard InChI is InChI=1S/C10H21N3O2/c1-6-13(5)8(14)7-11-9(15)12-10(2,3)4/h6-7H2,1-5H3,(H2,11,12,15). The average Bonchev–Trinajstić information content (AvgIpc) is 2.10. The summed E-state index contributed by atoms with van der Waals surface area (Å²) in [4.78, 5) is 24.2. The lowest BCUT2D eigenvalue weighted by Crippen LogP contribution is -2.49. The molecule has 0 saturated heterocycles. The zero-order valence-corrected chi connectivity index (χ0v) is 10.2. The molecule has 0 bridgehead atoms. The van der Waals surface area contributed by atoms with Crippen molar-refractivity contribution in [1.29, 1.82) is 0 Å². The first-order valence-electron chi connectivity index (χ1n) is 5.06. The summed E-state index contributed by atoms with van der Waals surface area (Å²) in [5.74, 6) is -0.0958. The molecule has 0 heterocycles. The summed E-state index contributed by atoms with van der Waals surface area (Å²) in [5.41, 5.74) is -0.288. The van der Waals surface area contributed by atoms with Crippen LogP contribution < -0.4 is 10.6 Å². The molecule has 0 unspecified atom stereocenters. The number of likely N-dealkylation sites (N-methyl/N-ethyl adjacent to an activating group) is 1. The van der Waals surface area contributed by atoms with Crippen molar-refractivity contribution in [3.63, 3.8) is 0 Å². The first-order valence-corrected chi connectivity index (χ1v) is 5.06. The van der Waals surface area contributed by atoms with E-state index in [9.17, 15) is 9.59 Å². The quantitative estimate of drug-likeness (QED) is 0.722. The molecule has 0 fully saturated rings. The van der Waals surface area contributed by atoms with Gasteiger partial charge in [0.15, 0.2) is 0 Å². The molecule has 0 aromatic heterocycles. The number of urea groups is 1. The average molecular weight is 215 g/mol. The van der Waals surface area contributed by atoms with Crippen LogP contribution >= 0.6 is 0 Å². The lowest BCUT2D eigenvalue weighted by molar-refractivity contribution is -0.128. The number of rotatable bonds is 3. The van der Waals surface area contributed by atoms with Crippen LogP contribution in [0, 0.1) is 0 Å². The maximum atomic E-state index is 11.3. The van der Waals surface area contributed by atoms with Crippen LogP contribution in [0.25, 0.3) is 0 Å². The molecule has 5 nitrogen and oxygen atoms in total. The molecule has 0 aliphatic rings. The molecule has 15 heavy (non-hydrogen) atoms. The Labute approximate surface area is 91.2 Å². The van der Waals surface area contributed by atoms with Crippen molar-refractivity contribution in [2.75, 3.05) is 20.1 Å². The molecule has 0 atom stereocenters. The molecule has 2 N–H and O–H groups in total. The molecule has 0 aromatic rings. The molecule has 5 heteroatoms. The number of hydrogen-bond acceptors (Lipinski definition) is 2. The summed E-state index contributed by atoms with van der Waals surface area (Å²) in [6.45, 7) is 8.20. The van der Waals surface area contributed by atoms with Gasteiger partial charge in [0.1, 0.15) is 0 Å². The molecule has 0 spiro atoms. The summed E-state index contributed by atoms with van der Waals surface area (Å²) in [5, 5.41) is 5.22. The van der Waals surface area contributed by atoms with E-state index >= 15 is 0 Å². The number of nitrogens with one attached hydrogen (secondary N) is 2. The van der Waals surface area contributed by atoms with E-state index in [0.29, 0.717) is 6.54 Å². The minimum atomic E-state index is -0.319. The van der Waals surface area contributed by atoms with Gasteiger partial charge in [-0.05, 0) is 27.7 Å². The van der Waals surface area contributed by atoms with E-state index < -0.39 is 0 Å². The Bertz CT molecular complexity index is 233. The highest BCUT2D eigenvalue weighted by Gasteiger charge is 2.14. The Hall–Kier alpha value is -1.26. The SMILES string of the molecule is CCN(C)C(=O)CNC(=O)NC(C)(C)C. The minimum Gasteiger partial charge on any atom is -0.345 e. The van der Waals surface area contributed by atoms with Gasteiger partial charge in [0.25, 0.3) is 0 Å². The summed E-state index contributed by atoms with van der Waals surface area (Å²) >= 11 is 0. The predicted octanol–water partition coefficient (Wildman–Crippen LogP) is 0.562. The van der Waals surface area contributed by atoms with Gasteiger partial charge in [0.2, 0.25) is 5.91 Å². The molecule has 0 radical (unpaired) electrons. The Morgan fingerprint density at radius 2 is 1.80 bits per heavy atom. The van der Waals surface area contributed by atoms with Crippen molar-refractivity contribution in [2.45, 2.75) is 33.2 Å². The number of carbonyl (C=O) groups excluding carboxylic acids is 2. The molecule has 88 valence electrons. The fraction of sp³-hybridized carbons (Fsp3) is 0.800. The van der Waals surface area contributed by atoms with Crippen molar-refractivity contribution in [1.82, 2.24) is 15.5 Å². The van der Waals surface area contributed by atoms with E-state index in [2.05, 4.69) is 10.6 Å². The minimum absolute atomic E-state index is 0.0340. The van der Waals surface area contributed by atoms with E-state index in [0.717, 1.165) is 0 Å². The van der Waals surface area contributed by atoms with Gasteiger partial charge in [-0.1, -0.05) is 0 Å². The fourth-order valence-corrected chi connectivity index (χ4v) is 0.852. The Morgan fingerprint density at radius 3 is 2.20 bits per heavy atom. The fourth-order valence-electron chi connectivity index (χ4n) is 0.852. The second kappa shape index (κ2) is 5.58. The first kappa shape index (κ1) is 13.7. The second-order valence-corrected chi connectivity index (χ2v) is 4.47. The van der Waals surface area contributed by atoms with Crippen molar-refractivity contribution >= 4 is 11.9 Å². The summed E-state index contributed by atoms with van der Waals surface area (Å²) in [7, 11) is 1.70. The largest absolute Gasteiger partial charge is 0.345 e. The normalized spacial score (nSPS) is 10.7. The number of carbonyl (C=O) groups is 2. The third-order valence-corrected chi connectivity index (χ3v) is 1.79. The van der Waals surface area contributed by atoms with Crippen LogP contribution in [0.2, 0.25) is 0 Å². The number of hydrogen-bond donors (Lipinski definition) is 2. The van der Waals surface area contributed by atoms with Crippen molar-refractivity contribution in [3.8, 4) is 0 Å². The molecule has 0 saturated carbocycles. The van der Waals surface area contributed by atoms with Crippen LogP contribution in [0.1, 0.15) is 27.7 Å². The van der Waals surface area contributed by atoms with E-state index in [-0.39, 0.29) is 24.0 Å². The highest BCUT2D eigenvalue weighted by molar-refractivity contribution is 5.84. The Kier molecular flexibility index (Phi) is 5.11. The zero-order chi connectivity index (χ0) is 12.1. The van der Waals surface area contributed by atoms with Crippen molar-refractivity contribution in [3.05, 3.63) is 0 Å². The first-order chi connectivity index (χ1) is 6.76. The van der Waals surface area contributed by atoms with E-state index in [1.807, 2.05) is 27.7 Å². The van der Waals surface area contributed by atoms with Gasteiger partial charge in [-0.25, -0.2) is 4.79 Å². The second-order valence-electron chi connectivity index (χ2n) is 4.47. The van der Waals surface area contributed by atoms with Gasteiger partial charge in [0.05, 0.1) is 6.54 Å². The van der Waals surface area contributed by atoms with Crippen molar-refractivity contribution in [2.24, 2.45) is 0 Å². The number of amides is 3. The highest BCUT2D eigenvalue weighted by Crippen LogP contribution is 1.97. The summed E-state index contributed by atoms with van der Waals surface area (Å²) in [6.07, 6.45) is 0. The Morgan fingerprint density at radius 1 is 1.27 bits per heavy atom. The summed E-state index contributed by atoms with van der Waals surface area (Å²) in [6, 6.07) is -0.319. The van der Waals surface area contributed by atoms with Gasteiger partial charge >= 0.3 is 6.03 Å². The van der Waals surface area contributed by atoms with Gasteiger partial charge in [-0.2, -0.15) is 0 Å². The zero-order valence-electron chi connectivity index (χ0n) is 10.2. The molecule has 0 aliphatic carbocycles. The molecule has 0 rings (SSSR count). The van der Waals surface area contributed by atoms with Gasteiger partial charge in [-0.3, -0.25) is 4.79 Å². The molecule has 0 aliphatic heterocycles. The molecular weight excluding hydrogens is 194 g/mol. The van der Waals surface area contributed by atoms with Crippen LogP contribution in [0.5, 0.6) is 0 Å². The van der Waals surface area contributed by atoms with E-state index in [1.54, 1.807) is 11.9 Å².